The van der Waals surface area contributed by atoms with E-state index in [0.717, 1.165) is 0 Å². The smallest absolute Gasteiger partial charge is 0.256 e. The second-order valence-electron chi connectivity index (χ2n) is 8.41. The Morgan fingerprint density at radius 3 is 1.38 bits per heavy atom. The number of carbonyl (C=O) groups excluding carboxylic acids is 4. The summed E-state index contributed by atoms with van der Waals surface area (Å²) in [5, 5.41) is 10.8. The number of aryl methyl sites for hydroxylation is 1. The monoisotopic (exact) mass is 502 g/mol. The lowest BCUT2D eigenvalue weighted by molar-refractivity contribution is -0.117. The number of nitrogens with one attached hydrogen (secondary N) is 4. The molecule has 3 rings (SSSR count). The summed E-state index contributed by atoms with van der Waals surface area (Å²) < 4.78 is 0. The zero-order chi connectivity index (χ0) is 26.8. The fourth-order valence-electron chi connectivity index (χ4n) is 3.43. The Labute approximate surface area is 215 Å². The van der Waals surface area contributed by atoms with Crippen molar-refractivity contribution < 1.29 is 19.2 Å². The zero-order valence-electron chi connectivity index (χ0n) is 21.1. The van der Waals surface area contributed by atoms with E-state index in [1.54, 1.807) is 55.5 Å². The maximum absolute atomic E-state index is 12.9. The number of carbonyl (C=O) groups is 4. The van der Waals surface area contributed by atoms with E-state index in [-0.39, 0.29) is 34.6 Å². The number of hydrogen-bond acceptors (Lipinski definition) is 6. The molecule has 0 saturated carbocycles. The van der Waals surface area contributed by atoms with E-state index in [9.17, 15) is 19.2 Å². The molecule has 1 aromatic carbocycles. The van der Waals surface area contributed by atoms with Crippen LogP contribution in [0.25, 0.3) is 0 Å². The molecule has 10 nitrogen and oxygen atoms in total. The van der Waals surface area contributed by atoms with Gasteiger partial charge in [-0.05, 0) is 67.8 Å². The van der Waals surface area contributed by atoms with E-state index in [0.29, 0.717) is 42.9 Å². The van der Waals surface area contributed by atoms with Gasteiger partial charge in [0.2, 0.25) is 11.8 Å². The second-order valence-corrected chi connectivity index (χ2v) is 8.41. The first kappa shape index (κ1) is 27.0. The lowest BCUT2D eigenvalue weighted by Gasteiger charge is -2.11. The zero-order valence-corrected chi connectivity index (χ0v) is 21.1. The number of anilines is 4. The van der Waals surface area contributed by atoms with E-state index < -0.39 is 11.8 Å². The average Bonchev–Trinajstić information content (AvgIpc) is 2.84. The van der Waals surface area contributed by atoms with Crippen LogP contribution in [0.1, 0.15) is 65.8 Å². The number of amides is 4. The van der Waals surface area contributed by atoms with Crippen molar-refractivity contribution in [3.05, 3.63) is 71.3 Å². The number of aromatic nitrogens is 2. The van der Waals surface area contributed by atoms with Gasteiger partial charge in [-0.2, -0.15) is 0 Å². The van der Waals surface area contributed by atoms with Gasteiger partial charge in [-0.3, -0.25) is 19.2 Å². The van der Waals surface area contributed by atoms with Crippen molar-refractivity contribution in [2.75, 3.05) is 21.3 Å². The Morgan fingerprint density at radius 2 is 1.00 bits per heavy atom. The van der Waals surface area contributed by atoms with Gasteiger partial charge in [0, 0.05) is 24.0 Å². The summed E-state index contributed by atoms with van der Waals surface area (Å²) in [4.78, 5) is 58.0. The first-order valence-corrected chi connectivity index (χ1v) is 12.1. The molecule has 2 aromatic heterocycles. The summed E-state index contributed by atoms with van der Waals surface area (Å²) in [6, 6.07) is 14.6. The van der Waals surface area contributed by atoms with E-state index in [2.05, 4.69) is 31.2 Å². The van der Waals surface area contributed by atoms with Gasteiger partial charge in [0.1, 0.15) is 23.3 Å². The third-order valence-corrected chi connectivity index (χ3v) is 5.07. The number of nitrogens with zero attached hydrogens (tertiary/aromatic N) is 2. The van der Waals surface area contributed by atoms with Gasteiger partial charge in [-0.15, -0.1) is 0 Å². The predicted molar refractivity (Wildman–Crippen MR) is 143 cm³/mol. The van der Waals surface area contributed by atoms with Crippen molar-refractivity contribution in [1.29, 1.82) is 0 Å². The lowest BCUT2D eigenvalue weighted by Crippen LogP contribution is -2.18. The first-order valence-electron chi connectivity index (χ1n) is 12.1. The summed E-state index contributed by atoms with van der Waals surface area (Å²) in [5.74, 6) is -0.0346. The van der Waals surface area contributed by atoms with Crippen LogP contribution in [0.3, 0.4) is 0 Å². The molecule has 0 aliphatic heterocycles. The summed E-state index contributed by atoms with van der Waals surface area (Å²) >= 11 is 0. The Bertz CT molecular complexity index is 1210. The summed E-state index contributed by atoms with van der Waals surface area (Å²) in [7, 11) is 0. The third kappa shape index (κ3) is 8.24. The Hall–Kier alpha value is -4.60. The first-order chi connectivity index (χ1) is 17.8. The highest BCUT2D eigenvalue weighted by molar-refractivity contribution is 6.08. The van der Waals surface area contributed by atoms with Crippen LogP contribution in [-0.2, 0) is 9.59 Å². The van der Waals surface area contributed by atoms with Crippen molar-refractivity contribution in [3.8, 4) is 0 Å². The Kier molecular flexibility index (Phi) is 9.42. The molecule has 0 atom stereocenters. The topological polar surface area (TPSA) is 142 Å². The van der Waals surface area contributed by atoms with Crippen LogP contribution < -0.4 is 21.3 Å². The van der Waals surface area contributed by atoms with Crippen LogP contribution in [0.2, 0.25) is 0 Å². The van der Waals surface area contributed by atoms with E-state index in [1.165, 1.54) is 6.07 Å². The van der Waals surface area contributed by atoms with Crippen LogP contribution in [0.15, 0.2) is 54.6 Å². The highest BCUT2D eigenvalue weighted by atomic mass is 16.2. The van der Waals surface area contributed by atoms with E-state index in [4.69, 9.17) is 0 Å². The maximum Gasteiger partial charge on any atom is 0.256 e. The predicted octanol–water partition coefficient (Wildman–Crippen LogP) is 4.77. The molecule has 0 unspecified atom stereocenters. The quantitative estimate of drug-likeness (QED) is 0.315. The van der Waals surface area contributed by atoms with Gasteiger partial charge in [-0.25, -0.2) is 9.97 Å². The fraction of sp³-hybridized carbons (Fsp3) is 0.259. The highest BCUT2D eigenvalue weighted by Gasteiger charge is 2.14. The standard InChI is InChI=1S/C27H30N6O4/c1-4-8-24(34)30-20-10-6-12-22(28-20)32-26(36)18-14-17(3)15-19(16-18)27(37)33-23-13-7-11-21(29-23)31-25(35)9-5-2/h6-7,10-16H,4-5,8-9H2,1-3H3,(H2,28,30,32,34,36)(H2,29,31,33,35,37). The molecule has 0 bridgehead atoms. The van der Waals surface area contributed by atoms with E-state index in [1.807, 2.05) is 13.8 Å². The van der Waals surface area contributed by atoms with Gasteiger partial charge in [0.15, 0.2) is 0 Å². The number of benzene rings is 1. The van der Waals surface area contributed by atoms with Gasteiger partial charge in [-0.1, -0.05) is 26.0 Å². The molecule has 0 aliphatic rings. The van der Waals surface area contributed by atoms with Crippen LogP contribution in [-0.4, -0.2) is 33.6 Å². The Morgan fingerprint density at radius 1 is 0.622 bits per heavy atom. The summed E-state index contributed by atoms with van der Waals surface area (Å²) in [6.07, 6.45) is 2.17. The molecule has 3 aromatic rings. The molecule has 4 N–H and O–H groups in total. The molecule has 0 radical (unpaired) electrons. The molecule has 192 valence electrons. The number of pyridine rings is 2. The molecule has 37 heavy (non-hydrogen) atoms. The minimum atomic E-state index is -0.457. The second kappa shape index (κ2) is 12.9. The van der Waals surface area contributed by atoms with Crippen LogP contribution in [0, 0.1) is 6.92 Å². The van der Waals surface area contributed by atoms with Crippen molar-refractivity contribution >= 4 is 46.9 Å². The van der Waals surface area contributed by atoms with E-state index >= 15 is 0 Å². The van der Waals surface area contributed by atoms with Gasteiger partial charge >= 0.3 is 0 Å². The third-order valence-electron chi connectivity index (χ3n) is 5.07. The van der Waals surface area contributed by atoms with Crippen molar-refractivity contribution in [2.45, 2.75) is 46.5 Å². The summed E-state index contributed by atoms with van der Waals surface area (Å²) in [5.41, 5.74) is 1.24. The molecule has 0 spiro atoms. The number of rotatable bonds is 10. The molecule has 0 fully saturated rings. The SMILES string of the molecule is CCCC(=O)Nc1cccc(NC(=O)c2cc(C)cc(C(=O)Nc3cccc(NC(=O)CCC)n3)c2)n1. The van der Waals surface area contributed by atoms with Crippen LogP contribution in [0.4, 0.5) is 23.3 Å². The van der Waals surface area contributed by atoms with Gasteiger partial charge < -0.3 is 21.3 Å². The van der Waals surface area contributed by atoms with Crippen LogP contribution in [0.5, 0.6) is 0 Å². The molecular weight excluding hydrogens is 472 g/mol. The minimum Gasteiger partial charge on any atom is -0.311 e. The van der Waals surface area contributed by atoms with Crippen LogP contribution >= 0.6 is 0 Å². The number of hydrogen-bond donors (Lipinski definition) is 4. The lowest BCUT2D eigenvalue weighted by atomic mass is 10.1. The molecule has 2 heterocycles. The minimum absolute atomic E-state index is 0.156. The van der Waals surface area contributed by atoms with Crippen molar-refractivity contribution in [1.82, 2.24) is 9.97 Å². The molecule has 4 amide bonds. The van der Waals surface area contributed by atoms with Crippen molar-refractivity contribution in [3.63, 3.8) is 0 Å². The maximum atomic E-state index is 12.9. The average molecular weight is 503 g/mol. The van der Waals surface area contributed by atoms with Gasteiger partial charge in [0.25, 0.3) is 11.8 Å². The molecular formula is C27H30N6O4. The largest absolute Gasteiger partial charge is 0.311 e. The van der Waals surface area contributed by atoms with Crippen molar-refractivity contribution in [2.24, 2.45) is 0 Å². The normalized spacial score (nSPS) is 10.4. The van der Waals surface area contributed by atoms with Gasteiger partial charge in [0.05, 0.1) is 0 Å². The highest BCUT2D eigenvalue weighted by Crippen LogP contribution is 2.16. The molecule has 10 heteroatoms. The Balaban J connectivity index is 1.71. The molecule has 0 aliphatic carbocycles. The fourth-order valence-corrected chi connectivity index (χ4v) is 3.43. The summed E-state index contributed by atoms with van der Waals surface area (Å²) in [6.45, 7) is 5.58. The molecule has 0 saturated heterocycles.